The molecule has 0 radical (unpaired) electrons. The predicted molar refractivity (Wildman–Crippen MR) is 108 cm³/mol. The maximum absolute atomic E-state index is 12.8. The number of nitrogens with zero attached hydrogens (tertiary/aromatic N) is 2. The Kier molecular flexibility index (Phi) is 6.19. The normalized spacial score (nSPS) is 19.5. The van der Waals surface area contributed by atoms with Gasteiger partial charge in [-0.3, -0.25) is 9.59 Å². The van der Waals surface area contributed by atoms with Crippen molar-refractivity contribution in [1.82, 2.24) is 14.5 Å². The average molecular weight is 438 g/mol. The lowest BCUT2D eigenvalue weighted by Gasteiger charge is -2.21. The first-order valence-corrected chi connectivity index (χ1v) is 11.3. The number of likely N-dealkylation sites (tertiary alicyclic amines) is 1. The fourth-order valence-electron chi connectivity index (χ4n) is 4.00. The van der Waals surface area contributed by atoms with Crippen molar-refractivity contribution in [2.75, 3.05) is 26.2 Å². The fourth-order valence-corrected chi connectivity index (χ4v) is 5.65. The summed E-state index contributed by atoms with van der Waals surface area (Å²) in [6.07, 6.45) is -0.196. The maximum Gasteiger partial charge on any atom is 0.417 e. The van der Waals surface area contributed by atoms with Gasteiger partial charge in [-0.05, 0) is 56.4 Å². The standard InChI is InChI=1S/C20H27N3O6S/c1-12-9-13(2)15(4)19(14(12)3)30(27,28)21-7-5-17(24)22-8-6-16(10-22)23-18(25)11-29-20(23)26/h9,16,21H,5-8,10-11H2,1-4H3/t16-/m1/s1. The Labute approximate surface area is 176 Å². The van der Waals surface area contributed by atoms with E-state index in [-0.39, 0.29) is 36.9 Å². The minimum absolute atomic E-state index is 0.00671. The second-order valence-electron chi connectivity index (χ2n) is 7.84. The molecular formula is C20H27N3O6S. The van der Waals surface area contributed by atoms with Gasteiger partial charge in [0.25, 0.3) is 5.91 Å². The van der Waals surface area contributed by atoms with Gasteiger partial charge in [-0.15, -0.1) is 0 Å². The summed E-state index contributed by atoms with van der Waals surface area (Å²) in [5, 5.41) is 0. The summed E-state index contributed by atoms with van der Waals surface area (Å²) < 4.78 is 33.0. The number of rotatable bonds is 6. The lowest BCUT2D eigenvalue weighted by Crippen LogP contribution is -2.42. The molecule has 0 spiro atoms. The number of amides is 3. The van der Waals surface area contributed by atoms with Crippen molar-refractivity contribution in [2.24, 2.45) is 0 Å². The quantitative estimate of drug-likeness (QED) is 0.715. The Morgan fingerprint density at radius 1 is 1.17 bits per heavy atom. The van der Waals surface area contributed by atoms with E-state index in [0.717, 1.165) is 16.0 Å². The third kappa shape index (κ3) is 4.20. The molecule has 164 valence electrons. The molecule has 2 fully saturated rings. The first-order chi connectivity index (χ1) is 14.0. The number of hydrogen-bond acceptors (Lipinski definition) is 6. The fraction of sp³-hybridized carbons (Fsp3) is 0.550. The molecule has 0 saturated carbocycles. The first kappa shape index (κ1) is 22.2. The molecule has 1 N–H and O–H groups in total. The van der Waals surface area contributed by atoms with Crippen LogP contribution in [0.1, 0.15) is 35.1 Å². The van der Waals surface area contributed by atoms with Crippen LogP contribution >= 0.6 is 0 Å². The molecule has 1 atom stereocenters. The number of carbonyl (C=O) groups is 3. The highest BCUT2D eigenvalue weighted by Gasteiger charge is 2.41. The monoisotopic (exact) mass is 437 g/mol. The zero-order valence-corrected chi connectivity index (χ0v) is 18.5. The number of cyclic esters (lactones) is 1. The highest BCUT2D eigenvalue weighted by atomic mass is 32.2. The van der Waals surface area contributed by atoms with E-state index in [1.165, 1.54) is 0 Å². The van der Waals surface area contributed by atoms with Gasteiger partial charge in [0, 0.05) is 26.1 Å². The summed E-state index contributed by atoms with van der Waals surface area (Å²) in [7, 11) is -3.76. The van der Waals surface area contributed by atoms with Gasteiger partial charge in [0.1, 0.15) is 0 Å². The van der Waals surface area contributed by atoms with Crippen LogP contribution in [0, 0.1) is 27.7 Å². The predicted octanol–water partition coefficient (Wildman–Crippen LogP) is 1.17. The first-order valence-electron chi connectivity index (χ1n) is 9.86. The van der Waals surface area contributed by atoms with Gasteiger partial charge >= 0.3 is 6.09 Å². The number of imide groups is 1. The second kappa shape index (κ2) is 8.35. The number of hydrogen-bond donors (Lipinski definition) is 1. The van der Waals surface area contributed by atoms with E-state index in [2.05, 4.69) is 4.72 Å². The third-order valence-corrected chi connectivity index (χ3v) is 7.60. The topological polar surface area (TPSA) is 113 Å². The minimum atomic E-state index is -3.76. The molecule has 1 aromatic rings. The molecule has 2 aliphatic heterocycles. The number of ether oxygens (including phenoxy) is 1. The smallest absolute Gasteiger partial charge is 0.417 e. The maximum atomic E-state index is 12.8. The minimum Gasteiger partial charge on any atom is -0.439 e. The van der Waals surface area contributed by atoms with Crippen molar-refractivity contribution >= 4 is 27.9 Å². The van der Waals surface area contributed by atoms with E-state index < -0.39 is 28.1 Å². The molecule has 2 heterocycles. The van der Waals surface area contributed by atoms with Crippen molar-refractivity contribution in [3.8, 4) is 0 Å². The van der Waals surface area contributed by atoms with Gasteiger partial charge in [-0.1, -0.05) is 6.07 Å². The van der Waals surface area contributed by atoms with Crippen molar-refractivity contribution in [3.63, 3.8) is 0 Å². The van der Waals surface area contributed by atoms with Gasteiger partial charge in [0.15, 0.2) is 6.61 Å². The van der Waals surface area contributed by atoms with Crippen LogP contribution in [0.5, 0.6) is 0 Å². The molecule has 30 heavy (non-hydrogen) atoms. The molecule has 0 aromatic heterocycles. The van der Waals surface area contributed by atoms with Crippen LogP contribution in [0.4, 0.5) is 4.79 Å². The lowest BCUT2D eigenvalue weighted by atomic mass is 10.0. The summed E-state index contributed by atoms with van der Waals surface area (Å²) in [5.41, 5.74) is 3.18. The molecule has 2 saturated heterocycles. The van der Waals surface area contributed by atoms with Crippen LogP contribution in [0.3, 0.4) is 0 Å². The molecule has 3 amide bonds. The molecule has 0 unspecified atom stereocenters. The highest BCUT2D eigenvalue weighted by molar-refractivity contribution is 7.89. The Balaban J connectivity index is 1.59. The summed E-state index contributed by atoms with van der Waals surface area (Å²) in [6, 6.07) is 1.56. The van der Waals surface area contributed by atoms with E-state index >= 15 is 0 Å². The molecule has 3 rings (SSSR count). The van der Waals surface area contributed by atoms with Crippen molar-refractivity contribution in [3.05, 3.63) is 28.3 Å². The van der Waals surface area contributed by atoms with Gasteiger partial charge in [0.05, 0.1) is 10.9 Å². The van der Waals surface area contributed by atoms with E-state index in [4.69, 9.17) is 4.74 Å². The average Bonchev–Trinajstić information content (AvgIpc) is 3.26. The largest absolute Gasteiger partial charge is 0.439 e. The SMILES string of the molecule is Cc1cc(C)c(C)c(S(=O)(=O)NCCC(=O)N2CC[C@@H](N3C(=O)COC3=O)C2)c1C. The van der Waals surface area contributed by atoms with Gasteiger partial charge in [0.2, 0.25) is 15.9 Å². The molecule has 0 bridgehead atoms. The Bertz CT molecular complexity index is 962. The zero-order valence-electron chi connectivity index (χ0n) is 17.6. The number of benzene rings is 1. The molecule has 0 aliphatic carbocycles. The summed E-state index contributed by atoms with van der Waals surface area (Å²) in [6.45, 7) is 7.64. The van der Waals surface area contributed by atoms with Gasteiger partial charge in [-0.2, -0.15) is 0 Å². The van der Waals surface area contributed by atoms with E-state index in [0.29, 0.717) is 24.1 Å². The van der Waals surface area contributed by atoms with Gasteiger partial charge in [-0.25, -0.2) is 22.8 Å². The Hall–Kier alpha value is -2.46. The van der Waals surface area contributed by atoms with Crippen LogP contribution in [0.15, 0.2) is 11.0 Å². The summed E-state index contributed by atoms with van der Waals surface area (Å²) in [5.74, 6) is -0.625. The Morgan fingerprint density at radius 2 is 1.80 bits per heavy atom. The van der Waals surface area contributed by atoms with Crippen molar-refractivity contribution in [1.29, 1.82) is 0 Å². The van der Waals surface area contributed by atoms with Crippen LogP contribution in [0.25, 0.3) is 0 Å². The van der Waals surface area contributed by atoms with Crippen LogP contribution in [0.2, 0.25) is 0 Å². The van der Waals surface area contributed by atoms with Gasteiger partial charge < -0.3 is 9.64 Å². The molecule has 9 nitrogen and oxygen atoms in total. The number of aryl methyl sites for hydroxylation is 2. The molecule has 2 aliphatic rings. The van der Waals surface area contributed by atoms with Crippen molar-refractivity contribution in [2.45, 2.75) is 51.5 Å². The summed E-state index contributed by atoms with van der Waals surface area (Å²) >= 11 is 0. The van der Waals surface area contributed by atoms with Crippen molar-refractivity contribution < 1.29 is 27.5 Å². The molecular weight excluding hydrogens is 410 g/mol. The number of carbonyl (C=O) groups excluding carboxylic acids is 3. The van der Waals surface area contributed by atoms with Crippen LogP contribution in [-0.4, -0.2) is 68.4 Å². The second-order valence-corrected chi connectivity index (χ2v) is 9.54. The molecule has 10 heteroatoms. The number of nitrogens with one attached hydrogen (secondary N) is 1. The number of sulfonamides is 1. The molecule has 1 aromatic carbocycles. The Morgan fingerprint density at radius 3 is 2.37 bits per heavy atom. The van der Waals surface area contributed by atoms with E-state index in [9.17, 15) is 22.8 Å². The third-order valence-electron chi connectivity index (χ3n) is 5.86. The van der Waals surface area contributed by atoms with Crippen LogP contribution in [-0.2, 0) is 24.3 Å². The van der Waals surface area contributed by atoms with E-state index in [1.54, 1.807) is 18.7 Å². The van der Waals surface area contributed by atoms with E-state index in [1.807, 2.05) is 19.9 Å². The van der Waals surface area contributed by atoms with Crippen LogP contribution < -0.4 is 4.72 Å². The summed E-state index contributed by atoms with van der Waals surface area (Å²) in [4.78, 5) is 38.8. The zero-order chi connectivity index (χ0) is 22.2. The lowest BCUT2D eigenvalue weighted by molar-refractivity contribution is -0.131. The highest BCUT2D eigenvalue weighted by Crippen LogP contribution is 2.26.